The van der Waals surface area contributed by atoms with Crippen molar-refractivity contribution in [2.45, 2.75) is 19.3 Å². The van der Waals surface area contributed by atoms with Crippen LogP contribution in [0.15, 0.2) is 0 Å². The third-order valence-corrected chi connectivity index (χ3v) is 3.42. The first kappa shape index (κ1) is 14.9. The van der Waals surface area contributed by atoms with E-state index >= 15 is 0 Å². The average Bonchev–Trinajstić information content (AvgIpc) is 2.38. The van der Waals surface area contributed by atoms with Crippen LogP contribution >= 0.6 is 0 Å². The Labute approximate surface area is 109 Å². The Morgan fingerprint density at radius 1 is 1.28 bits per heavy atom. The Bertz CT molecular complexity index is 317. The van der Waals surface area contributed by atoms with E-state index in [9.17, 15) is 10.1 Å². The number of carbonyl (C=O) groups excluding carboxylic acids is 1. The summed E-state index contributed by atoms with van der Waals surface area (Å²) in [7, 11) is 5.81. The van der Waals surface area contributed by atoms with Crippen molar-refractivity contribution in [3.8, 4) is 6.07 Å². The summed E-state index contributed by atoms with van der Waals surface area (Å²) in [6.07, 6.45) is 1.95. The summed E-state index contributed by atoms with van der Waals surface area (Å²) in [6.45, 7) is 2.65. The van der Waals surface area contributed by atoms with E-state index in [0.717, 1.165) is 13.0 Å². The Morgan fingerprint density at radius 3 is 2.39 bits per heavy atom. The lowest BCUT2D eigenvalue weighted by Gasteiger charge is -2.33. The van der Waals surface area contributed by atoms with Crippen LogP contribution in [-0.2, 0) is 9.53 Å². The molecule has 1 fully saturated rings. The molecule has 1 rings (SSSR count). The van der Waals surface area contributed by atoms with Gasteiger partial charge in [-0.1, -0.05) is 0 Å². The molecule has 5 heteroatoms. The van der Waals surface area contributed by atoms with Crippen molar-refractivity contribution >= 4 is 5.91 Å². The van der Waals surface area contributed by atoms with Crippen LogP contribution in [0.4, 0.5) is 0 Å². The van der Waals surface area contributed by atoms with Crippen LogP contribution in [0.1, 0.15) is 19.3 Å². The lowest BCUT2D eigenvalue weighted by atomic mass is 9.80. The van der Waals surface area contributed by atoms with Crippen LogP contribution in [-0.4, -0.2) is 63.2 Å². The van der Waals surface area contributed by atoms with Gasteiger partial charge in [-0.05, 0) is 39.9 Å². The van der Waals surface area contributed by atoms with E-state index in [1.807, 2.05) is 14.1 Å². The monoisotopic (exact) mass is 253 g/mol. The summed E-state index contributed by atoms with van der Waals surface area (Å²) in [5, 5.41) is 9.31. The summed E-state index contributed by atoms with van der Waals surface area (Å²) in [5.74, 6) is -0.0490. The smallest absolute Gasteiger partial charge is 0.242 e. The standard InChI is InChI=1S/C13H23N3O2/c1-15(2)7-4-8-16(3)12(17)13(11-14)5-9-18-10-6-13/h4-10H2,1-3H3. The first-order valence-corrected chi connectivity index (χ1v) is 6.41. The van der Waals surface area contributed by atoms with Crippen LogP contribution in [0, 0.1) is 16.7 Å². The van der Waals surface area contributed by atoms with Gasteiger partial charge in [0.2, 0.25) is 5.91 Å². The summed E-state index contributed by atoms with van der Waals surface area (Å²) in [4.78, 5) is 16.1. The summed E-state index contributed by atoms with van der Waals surface area (Å²) in [5.41, 5.74) is -0.856. The number of hydrogen-bond acceptors (Lipinski definition) is 4. The lowest BCUT2D eigenvalue weighted by molar-refractivity contribution is -0.142. The maximum Gasteiger partial charge on any atom is 0.242 e. The maximum atomic E-state index is 12.4. The van der Waals surface area contributed by atoms with Crippen molar-refractivity contribution in [2.75, 3.05) is 47.4 Å². The molecule has 5 nitrogen and oxygen atoms in total. The summed E-state index contributed by atoms with van der Waals surface area (Å²) in [6, 6.07) is 2.22. The molecule has 1 heterocycles. The molecular weight excluding hydrogens is 230 g/mol. The highest BCUT2D eigenvalue weighted by atomic mass is 16.5. The van der Waals surface area contributed by atoms with Gasteiger partial charge in [-0.25, -0.2) is 0 Å². The molecular formula is C13H23N3O2. The molecule has 0 aromatic heterocycles. The predicted molar refractivity (Wildman–Crippen MR) is 68.9 cm³/mol. The zero-order valence-corrected chi connectivity index (χ0v) is 11.6. The minimum atomic E-state index is -0.856. The second-order valence-electron chi connectivity index (χ2n) is 5.19. The lowest BCUT2D eigenvalue weighted by Crippen LogP contribution is -2.45. The van der Waals surface area contributed by atoms with Crippen molar-refractivity contribution in [1.82, 2.24) is 9.80 Å². The van der Waals surface area contributed by atoms with E-state index in [1.165, 1.54) is 0 Å². The van der Waals surface area contributed by atoms with Crippen LogP contribution in [0.3, 0.4) is 0 Å². The van der Waals surface area contributed by atoms with E-state index in [1.54, 1.807) is 11.9 Å². The summed E-state index contributed by atoms with van der Waals surface area (Å²) < 4.78 is 5.24. The van der Waals surface area contributed by atoms with E-state index in [0.29, 0.717) is 32.6 Å². The van der Waals surface area contributed by atoms with Crippen LogP contribution in [0.25, 0.3) is 0 Å². The van der Waals surface area contributed by atoms with E-state index in [-0.39, 0.29) is 5.91 Å². The number of rotatable bonds is 5. The Hall–Kier alpha value is -1.12. The van der Waals surface area contributed by atoms with Crippen LogP contribution in [0.2, 0.25) is 0 Å². The zero-order valence-electron chi connectivity index (χ0n) is 11.6. The van der Waals surface area contributed by atoms with Crippen molar-refractivity contribution in [2.24, 2.45) is 5.41 Å². The van der Waals surface area contributed by atoms with Gasteiger partial charge in [-0.15, -0.1) is 0 Å². The van der Waals surface area contributed by atoms with Crippen molar-refractivity contribution in [3.05, 3.63) is 0 Å². The van der Waals surface area contributed by atoms with Gasteiger partial charge < -0.3 is 14.5 Å². The van der Waals surface area contributed by atoms with Gasteiger partial charge in [-0.2, -0.15) is 5.26 Å². The zero-order chi connectivity index (χ0) is 13.6. The van der Waals surface area contributed by atoms with Gasteiger partial charge in [0, 0.05) is 26.8 Å². The molecule has 1 saturated heterocycles. The molecule has 1 aliphatic heterocycles. The molecule has 0 aromatic rings. The molecule has 0 radical (unpaired) electrons. The molecule has 1 amide bonds. The van der Waals surface area contributed by atoms with Gasteiger partial charge in [0.15, 0.2) is 0 Å². The van der Waals surface area contributed by atoms with Gasteiger partial charge in [-0.3, -0.25) is 4.79 Å². The van der Waals surface area contributed by atoms with Crippen LogP contribution in [0.5, 0.6) is 0 Å². The number of nitrogens with zero attached hydrogens (tertiary/aromatic N) is 3. The third-order valence-electron chi connectivity index (χ3n) is 3.42. The van der Waals surface area contributed by atoms with Gasteiger partial charge in [0.05, 0.1) is 6.07 Å². The van der Waals surface area contributed by atoms with Crippen LogP contribution < -0.4 is 0 Å². The maximum absolute atomic E-state index is 12.4. The fraction of sp³-hybridized carbons (Fsp3) is 0.846. The topological polar surface area (TPSA) is 56.6 Å². The molecule has 0 aromatic carbocycles. The Kier molecular flexibility index (Phi) is 5.57. The number of carbonyl (C=O) groups is 1. The predicted octanol–water partition coefficient (Wildman–Crippen LogP) is 0.717. The highest BCUT2D eigenvalue weighted by Gasteiger charge is 2.42. The fourth-order valence-electron chi connectivity index (χ4n) is 2.18. The number of hydrogen-bond donors (Lipinski definition) is 0. The van der Waals surface area contributed by atoms with Gasteiger partial charge in [0.25, 0.3) is 0 Å². The third kappa shape index (κ3) is 3.69. The van der Waals surface area contributed by atoms with E-state index in [4.69, 9.17) is 4.74 Å². The molecule has 18 heavy (non-hydrogen) atoms. The summed E-state index contributed by atoms with van der Waals surface area (Å²) >= 11 is 0. The SMILES string of the molecule is CN(C)CCCN(C)C(=O)C1(C#N)CCOCC1. The van der Waals surface area contributed by atoms with Gasteiger partial charge >= 0.3 is 0 Å². The highest BCUT2D eigenvalue weighted by molar-refractivity contribution is 5.85. The number of ether oxygens (including phenoxy) is 1. The quantitative estimate of drug-likeness (QED) is 0.724. The molecule has 0 unspecified atom stereocenters. The molecule has 1 aliphatic rings. The van der Waals surface area contributed by atoms with E-state index in [2.05, 4.69) is 11.0 Å². The fourth-order valence-corrected chi connectivity index (χ4v) is 2.18. The molecule has 102 valence electrons. The Balaban J connectivity index is 2.53. The first-order chi connectivity index (χ1) is 8.52. The molecule has 0 atom stereocenters. The first-order valence-electron chi connectivity index (χ1n) is 6.41. The largest absolute Gasteiger partial charge is 0.381 e. The van der Waals surface area contributed by atoms with Gasteiger partial charge in [0.1, 0.15) is 5.41 Å². The number of amides is 1. The minimum absolute atomic E-state index is 0.0490. The molecule has 0 bridgehead atoms. The van der Waals surface area contributed by atoms with Crippen molar-refractivity contribution in [1.29, 1.82) is 5.26 Å². The van der Waals surface area contributed by atoms with Crippen molar-refractivity contribution < 1.29 is 9.53 Å². The van der Waals surface area contributed by atoms with Crippen molar-refractivity contribution in [3.63, 3.8) is 0 Å². The Morgan fingerprint density at radius 2 is 1.89 bits per heavy atom. The molecule has 0 aliphatic carbocycles. The average molecular weight is 253 g/mol. The second-order valence-corrected chi connectivity index (χ2v) is 5.19. The molecule has 0 spiro atoms. The van der Waals surface area contributed by atoms with E-state index < -0.39 is 5.41 Å². The number of nitriles is 1. The molecule has 0 N–H and O–H groups in total. The minimum Gasteiger partial charge on any atom is -0.381 e. The highest BCUT2D eigenvalue weighted by Crippen LogP contribution is 2.31. The molecule has 0 saturated carbocycles. The normalized spacial score (nSPS) is 18.4. The second kappa shape index (κ2) is 6.72.